The number of carbonyl (C=O) groups is 1. The fraction of sp³-hybridized carbons (Fsp3) is 0.105. The normalized spacial score (nSPS) is 16.7. The number of nitrogens with one attached hydrogen (secondary N) is 1. The highest BCUT2D eigenvalue weighted by Gasteiger charge is 2.26. The molecule has 1 unspecified atom stereocenters. The Morgan fingerprint density at radius 2 is 1.74 bits per heavy atom. The molecule has 0 radical (unpaired) electrons. The summed E-state index contributed by atoms with van der Waals surface area (Å²) >= 11 is 17.8. The molecule has 1 amide bonds. The second-order valence-electron chi connectivity index (χ2n) is 6.03. The third kappa shape index (κ3) is 4.38. The first kappa shape index (κ1) is 20.0. The molecule has 0 saturated heterocycles. The number of carbonyl (C=O) groups excluding carboxylic acids is 1. The van der Waals surface area contributed by atoms with Gasteiger partial charge in [-0.1, -0.05) is 59.9 Å². The Morgan fingerprint density at radius 3 is 2.44 bits per heavy atom. The molecule has 4 nitrogen and oxygen atoms in total. The van der Waals surface area contributed by atoms with Gasteiger partial charge in [-0.2, -0.15) is 0 Å². The smallest absolute Gasteiger partial charge is 0.265 e. The van der Waals surface area contributed by atoms with E-state index in [-0.39, 0.29) is 26.4 Å². The third-order valence-corrected chi connectivity index (χ3v) is 6.34. The first-order chi connectivity index (χ1) is 12.7. The second kappa shape index (κ2) is 7.68. The van der Waals surface area contributed by atoms with Crippen LogP contribution in [0.3, 0.4) is 0 Å². The minimum absolute atomic E-state index is 0.0244. The van der Waals surface area contributed by atoms with E-state index in [9.17, 15) is 13.2 Å². The Balaban J connectivity index is 1.86. The van der Waals surface area contributed by atoms with Crippen molar-refractivity contribution in [3.05, 3.63) is 80.8 Å². The third-order valence-electron chi connectivity index (χ3n) is 4.06. The van der Waals surface area contributed by atoms with E-state index in [1.54, 1.807) is 24.3 Å². The molecule has 3 rings (SSSR count). The highest BCUT2D eigenvalue weighted by atomic mass is 35.5. The molecule has 1 N–H and O–H groups in total. The topological polar surface area (TPSA) is 63.2 Å². The van der Waals surface area contributed by atoms with Crippen molar-refractivity contribution in [1.82, 2.24) is 4.72 Å². The summed E-state index contributed by atoms with van der Waals surface area (Å²) in [5.74, 6) is -0.809. The zero-order chi connectivity index (χ0) is 19.8. The minimum Gasteiger partial charge on any atom is -0.268 e. The van der Waals surface area contributed by atoms with Gasteiger partial charge < -0.3 is 0 Å². The van der Waals surface area contributed by atoms with Gasteiger partial charge in [0.05, 0.1) is 5.02 Å². The minimum atomic E-state index is -4.16. The van der Waals surface area contributed by atoms with Crippen LogP contribution in [0.5, 0.6) is 0 Å². The lowest BCUT2D eigenvalue weighted by atomic mass is 9.97. The van der Waals surface area contributed by atoms with Gasteiger partial charge in [0, 0.05) is 21.5 Å². The van der Waals surface area contributed by atoms with Gasteiger partial charge in [-0.05, 0) is 47.5 Å². The SMILES string of the molecule is CC1C=C(C(=O)NS(=O)(=O)c2cc(Cl)ccc2Cl)C=C1c1cccc(Cl)c1. The van der Waals surface area contributed by atoms with Gasteiger partial charge in [0.25, 0.3) is 15.9 Å². The van der Waals surface area contributed by atoms with Crippen molar-refractivity contribution in [2.75, 3.05) is 0 Å². The molecule has 0 aromatic heterocycles. The maximum atomic E-state index is 12.5. The molecule has 0 fully saturated rings. The lowest BCUT2D eigenvalue weighted by Gasteiger charge is -2.08. The fourth-order valence-electron chi connectivity index (χ4n) is 2.78. The van der Waals surface area contributed by atoms with Crippen molar-refractivity contribution in [3.8, 4) is 0 Å². The van der Waals surface area contributed by atoms with Crippen LogP contribution in [0.2, 0.25) is 15.1 Å². The van der Waals surface area contributed by atoms with E-state index in [0.717, 1.165) is 11.1 Å². The van der Waals surface area contributed by atoms with Gasteiger partial charge in [0.1, 0.15) is 4.90 Å². The van der Waals surface area contributed by atoms with E-state index in [0.29, 0.717) is 5.02 Å². The van der Waals surface area contributed by atoms with Gasteiger partial charge in [-0.15, -0.1) is 0 Å². The Labute approximate surface area is 172 Å². The summed E-state index contributed by atoms with van der Waals surface area (Å²) in [7, 11) is -4.16. The standard InChI is InChI=1S/C19H14Cl3NO3S/c1-11-7-13(9-16(11)12-3-2-4-14(20)8-12)19(24)23-27(25,26)18-10-15(21)5-6-17(18)22/h2-11H,1H3,(H,23,24). The molecule has 0 bridgehead atoms. The summed E-state index contributed by atoms with van der Waals surface area (Å²) in [4.78, 5) is 12.3. The zero-order valence-electron chi connectivity index (χ0n) is 14.0. The highest BCUT2D eigenvalue weighted by molar-refractivity contribution is 7.90. The van der Waals surface area contributed by atoms with E-state index in [1.807, 2.05) is 23.8 Å². The average molecular weight is 443 g/mol. The first-order valence-electron chi connectivity index (χ1n) is 7.89. The molecular formula is C19H14Cl3NO3S. The summed E-state index contributed by atoms with van der Waals surface area (Å²) in [6, 6.07) is 11.3. The number of sulfonamides is 1. The van der Waals surface area contributed by atoms with E-state index >= 15 is 0 Å². The molecule has 0 heterocycles. The lowest BCUT2D eigenvalue weighted by molar-refractivity contribution is -0.115. The number of rotatable bonds is 4. The average Bonchev–Trinajstić information content (AvgIpc) is 2.98. The number of hydrogen-bond acceptors (Lipinski definition) is 3. The van der Waals surface area contributed by atoms with Crippen LogP contribution in [-0.4, -0.2) is 14.3 Å². The van der Waals surface area contributed by atoms with Crippen LogP contribution in [-0.2, 0) is 14.8 Å². The van der Waals surface area contributed by atoms with E-state index in [1.165, 1.54) is 18.2 Å². The molecule has 1 atom stereocenters. The molecule has 1 aliphatic carbocycles. The Kier molecular flexibility index (Phi) is 5.68. The maximum absolute atomic E-state index is 12.5. The summed E-state index contributed by atoms with van der Waals surface area (Å²) in [6.07, 6.45) is 3.35. The van der Waals surface area contributed by atoms with Crippen LogP contribution in [0.1, 0.15) is 12.5 Å². The summed E-state index contributed by atoms with van der Waals surface area (Å²) < 4.78 is 27.1. The molecule has 27 heavy (non-hydrogen) atoms. The molecule has 2 aromatic carbocycles. The predicted molar refractivity (Wildman–Crippen MR) is 108 cm³/mol. The van der Waals surface area contributed by atoms with Crippen molar-refractivity contribution in [1.29, 1.82) is 0 Å². The molecule has 0 saturated carbocycles. The van der Waals surface area contributed by atoms with Crippen molar-refractivity contribution < 1.29 is 13.2 Å². The molecular weight excluding hydrogens is 429 g/mol. The summed E-state index contributed by atoms with van der Waals surface area (Å²) in [5, 5.41) is 0.754. The predicted octanol–water partition coefficient (Wildman–Crippen LogP) is 5.11. The molecule has 1 aliphatic rings. The first-order valence-corrected chi connectivity index (χ1v) is 10.5. The number of hydrogen-bond donors (Lipinski definition) is 1. The van der Waals surface area contributed by atoms with E-state index < -0.39 is 15.9 Å². The zero-order valence-corrected chi connectivity index (χ0v) is 17.1. The Bertz CT molecular complexity index is 1090. The van der Waals surface area contributed by atoms with Gasteiger partial charge in [-0.25, -0.2) is 13.1 Å². The molecule has 0 aliphatic heterocycles. The van der Waals surface area contributed by atoms with Crippen molar-refractivity contribution in [2.45, 2.75) is 11.8 Å². The van der Waals surface area contributed by atoms with Crippen LogP contribution < -0.4 is 4.72 Å². The van der Waals surface area contributed by atoms with Crippen LogP contribution in [0.15, 0.2) is 65.1 Å². The number of allylic oxidation sites excluding steroid dienone is 2. The van der Waals surface area contributed by atoms with Gasteiger partial charge in [0.15, 0.2) is 0 Å². The summed E-state index contributed by atoms with van der Waals surface area (Å²) in [5.41, 5.74) is 2.00. The van der Waals surface area contributed by atoms with Crippen molar-refractivity contribution >= 4 is 56.3 Å². The number of amides is 1. The van der Waals surface area contributed by atoms with Crippen molar-refractivity contribution in [3.63, 3.8) is 0 Å². The quantitative estimate of drug-likeness (QED) is 0.715. The summed E-state index contributed by atoms with van der Waals surface area (Å²) in [6.45, 7) is 1.91. The van der Waals surface area contributed by atoms with Crippen molar-refractivity contribution in [2.24, 2.45) is 5.92 Å². The van der Waals surface area contributed by atoms with Gasteiger partial charge in [0.2, 0.25) is 0 Å². The monoisotopic (exact) mass is 441 g/mol. The lowest BCUT2D eigenvalue weighted by Crippen LogP contribution is -2.31. The van der Waals surface area contributed by atoms with Crippen LogP contribution in [0.4, 0.5) is 0 Å². The van der Waals surface area contributed by atoms with E-state index in [2.05, 4.69) is 0 Å². The fourth-order valence-corrected chi connectivity index (χ4v) is 4.71. The maximum Gasteiger partial charge on any atom is 0.265 e. The van der Waals surface area contributed by atoms with Gasteiger partial charge in [-0.3, -0.25) is 4.79 Å². The number of benzene rings is 2. The number of halogens is 3. The highest BCUT2D eigenvalue weighted by Crippen LogP contribution is 2.33. The molecule has 0 spiro atoms. The largest absolute Gasteiger partial charge is 0.268 e. The Morgan fingerprint density at radius 1 is 1.04 bits per heavy atom. The molecule has 2 aromatic rings. The van der Waals surface area contributed by atoms with E-state index in [4.69, 9.17) is 34.8 Å². The molecule has 140 valence electrons. The Hall–Kier alpha value is -1.79. The molecule has 8 heteroatoms. The second-order valence-corrected chi connectivity index (χ2v) is 8.96. The van der Waals surface area contributed by atoms with Crippen LogP contribution >= 0.6 is 34.8 Å². The van der Waals surface area contributed by atoms with Crippen LogP contribution in [0, 0.1) is 5.92 Å². The van der Waals surface area contributed by atoms with Crippen LogP contribution in [0.25, 0.3) is 5.57 Å². The van der Waals surface area contributed by atoms with Gasteiger partial charge >= 0.3 is 0 Å².